The van der Waals surface area contributed by atoms with Crippen molar-refractivity contribution >= 4 is 23.4 Å². The summed E-state index contributed by atoms with van der Waals surface area (Å²) in [6, 6.07) is 0.0431. The van der Waals surface area contributed by atoms with E-state index in [-0.39, 0.29) is 54.3 Å². The molecular weight excluding hydrogens is 358 g/mol. The van der Waals surface area contributed by atoms with E-state index in [0.717, 1.165) is 0 Å². The number of carbonyl (C=O) groups is 4. The number of nitrogens with zero attached hydrogens (tertiary/aromatic N) is 1. The minimum atomic E-state index is -0.152. The predicted molar refractivity (Wildman–Crippen MR) is 111 cm³/mol. The van der Waals surface area contributed by atoms with E-state index in [2.05, 4.69) is 10.6 Å². The minimum Gasteiger partial charge on any atom is -0.355 e. The Morgan fingerprint density at radius 2 is 1.04 bits per heavy atom. The van der Waals surface area contributed by atoms with Crippen LogP contribution in [0.4, 0.5) is 0 Å². The first-order valence-corrected chi connectivity index (χ1v) is 10.4. The van der Waals surface area contributed by atoms with E-state index in [1.165, 1.54) is 0 Å². The van der Waals surface area contributed by atoms with Crippen LogP contribution in [0.5, 0.6) is 0 Å². The molecule has 0 aromatic carbocycles. The average molecular weight is 398 g/mol. The van der Waals surface area contributed by atoms with Crippen LogP contribution in [0.2, 0.25) is 0 Å². The fourth-order valence-electron chi connectivity index (χ4n) is 2.46. The monoisotopic (exact) mass is 397 g/mol. The van der Waals surface area contributed by atoms with Gasteiger partial charge in [-0.3, -0.25) is 24.1 Å². The molecule has 0 saturated carbocycles. The van der Waals surface area contributed by atoms with Gasteiger partial charge in [0.15, 0.2) is 0 Å². The molecule has 0 unspecified atom stereocenters. The summed E-state index contributed by atoms with van der Waals surface area (Å²) in [5.41, 5.74) is 0. The first-order valence-electron chi connectivity index (χ1n) is 10.4. The van der Waals surface area contributed by atoms with Gasteiger partial charge in [-0.2, -0.15) is 0 Å². The smallest absolute Gasteiger partial charge is 0.234 e. The summed E-state index contributed by atoms with van der Waals surface area (Å²) in [6.45, 7) is 12.5. The van der Waals surface area contributed by atoms with Gasteiger partial charge in [0.05, 0.1) is 13.1 Å². The van der Waals surface area contributed by atoms with Crippen LogP contribution >= 0.6 is 0 Å². The second kappa shape index (κ2) is 14.3. The van der Waals surface area contributed by atoms with Crippen molar-refractivity contribution < 1.29 is 19.2 Å². The zero-order valence-electron chi connectivity index (χ0n) is 18.5. The van der Waals surface area contributed by atoms with Gasteiger partial charge in [0, 0.05) is 43.8 Å². The van der Waals surface area contributed by atoms with Gasteiger partial charge in [0.2, 0.25) is 11.8 Å². The van der Waals surface area contributed by atoms with Crippen LogP contribution in [0.25, 0.3) is 0 Å². The molecule has 0 rings (SSSR count). The topological polar surface area (TPSA) is 95.6 Å². The first-order chi connectivity index (χ1) is 13.0. The molecule has 0 aliphatic heterocycles. The predicted octanol–water partition coefficient (Wildman–Crippen LogP) is 1.94. The highest BCUT2D eigenvalue weighted by Gasteiger charge is 2.17. The molecule has 0 aliphatic rings. The Balaban J connectivity index is 4.15. The first kappa shape index (κ1) is 26.2. The summed E-state index contributed by atoms with van der Waals surface area (Å²) < 4.78 is 0. The molecule has 0 aliphatic carbocycles. The van der Waals surface area contributed by atoms with Crippen molar-refractivity contribution in [1.29, 1.82) is 0 Å². The molecule has 7 heteroatoms. The van der Waals surface area contributed by atoms with Crippen molar-refractivity contribution in [2.45, 2.75) is 73.3 Å². The van der Waals surface area contributed by atoms with Gasteiger partial charge in [-0.15, -0.1) is 0 Å². The van der Waals surface area contributed by atoms with Gasteiger partial charge in [0.1, 0.15) is 11.6 Å². The Kier molecular flexibility index (Phi) is 13.4. The highest BCUT2D eigenvalue weighted by molar-refractivity contribution is 5.82. The van der Waals surface area contributed by atoms with Crippen LogP contribution in [0.3, 0.4) is 0 Å². The van der Waals surface area contributed by atoms with Crippen LogP contribution in [0, 0.1) is 11.8 Å². The molecule has 2 N–H and O–H groups in total. The molecule has 0 heterocycles. The van der Waals surface area contributed by atoms with Crippen molar-refractivity contribution in [1.82, 2.24) is 15.5 Å². The van der Waals surface area contributed by atoms with Crippen molar-refractivity contribution in [3.8, 4) is 0 Å². The molecule has 0 aromatic heterocycles. The number of rotatable bonds is 15. The molecule has 0 spiro atoms. The van der Waals surface area contributed by atoms with Gasteiger partial charge in [-0.25, -0.2) is 0 Å². The Labute approximate surface area is 170 Å². The van der Waals surface area contributed by atoms with Crippen LogP contribution < -0.4 is 10.6 Å². The molecule has 0 radical (unpaired) electrons. The van der Waals surface area contributed by atoms with Crippen molar-refractivity contribution in [3.63, 3.8) is 0 Å². The van der Waals surface area contributed by atoms with E-state index in [1.807, 2.05) is 41.5 Å². The summed E-state index contributed by atoms with van der Waals surface area (Å²) in [7, 11) is 0. The lowest BCUT2D eigenvalue weighted by atomic mass is 10.0. The normalized spacial score (nSPS) is 11.4. The second-order valence-corrected chi connectivity index (χ2v) is 8.15. The lowest BCUT2D eigenvalue weighted by molar-refractivity contribution is -0.127. The molecule has 28 heavy (non-hydrogen) atoms. The van der Waals surface area contributed by atoms with Crippen molar-refractivity contribution in [2.24, 2.45) is 11.8 Å². The third-order valence-electron chi connectivity index (χ3n) is 4.56. The molecule has 2 amide bonds. The highest BCUT2D eigenvalue weighted by Crippen LogP contribution is 2.02. The Hall–Kier alpha value is -1.76. The number of hydrogen-bond acceptors (Lipinski definition) is 5. The summed E-state index contributed by atoms with van der Waals surface area (Å²) in [5, 5.41) is 5.62. The molecule has 0 saturated heterocycles. The van der Waals surface area contributed by atoms with Gasteiger partial charge in [-0.1, -0.05) is 27.7 Å². The fraction of sp³-hybridized carbons (Fsp3) is 0.810. The van der Waals surface area contributed by atoms with Crippen LogP contribution in [-0.4, -0.2) is 60.5 Å². The number of Topliss-reactive ketones (excluding diaryl/α,β-unsaturated/α-hetero) is 2. The fourth-order valence-corrected chi connectivity index (χ4v) is 2.46. The van der Waals surface area contributed by atoms with E-state index in [0.29, 0.717) is 38.8 Å². The zero-order chi connectivity index (χ0) is 21.7. The number of amides is 2. The number of carbonyl (C=O) groups excluding carboxylic acids is 4. The third-order valence-corrected chi connectivity index (χ3v) is 4.56. The number of nitrogens with one attached hydrogen (secondary N) is 2. The van der Waals surface area contributed by atoms with E-state index >= 15 is 0 Å². The second-order valence-electron chi connectivity index (χ2n) is 8.15. The summed E-state index contributed by atoms with van der Waals surface area (Å²) in [5.74, 6) is 0.139. The van der Waals surface area contributed by atoms with Gasteiger partial charge >= 0.3 is 0 Å². The van der Waals surface area contributed by atoms with Crippen molar-refractivity contribution in [2.75, 3.05) is 26.2 Å². The standard InChI is InChI=1S/C21H39N3O4/c1-15(2)18(25)9-7-11-22-20(27)13-24(17(5)6)14-21(28)23-12-8-10-19(26)16(3)4/h15-17H,7-14H2,1-6H3,(H,22,27)(H,23,28). The zero-order valence-corrected chi connectivity index (χ0v) is 18.5. The Bertz CT molecular complexity index is 474. The molecule has 7 nitrogen and oxygen atoms in total. The molecule has 0 atom stereocenters. The third kappa shape index (κ3) is 12.6. The van der Waals surface area contributed by atoms with E-state index < -0.39 is 0 Å². The van der Waals surface area contributed by atoms with Crippen LogP contribution in [-0.2, 0) is 19.2 Å². The van der Waals surface area contributed by atoms with Crippen molar-refractivity contribution in [3.05, 3.63) is 0 Å². The van der Waals surface area contributed by atoms with Crippen LogP contribution in [0.1, 0.15) is 67.2 Å². The molecule has 0 bridgehead atoms. The largest absolute Gasteiger partial charge is 0.355 e. The quantitative estimate of drug-likeness (QED) is 0.412. The van der Waals surface area contributed by atoms with Crippen LogP contribution in [0.15, 0.2) is 0 Å². The van der Waals surface area contributed by atoms with Gasteiger partial charge in [-0.05, 0) is 26.7 Å². The molecule has 0 fully saturated rings. The number of ketones is 2. The summed E-state index contributed by atoms with van der Waals surface area (Å²) >= 11 is 0. The average Bonchev–Trinajstić information content (AvgIpc) is 2.60. The lowest BCUT2D eigenvalue weighted by Crippen LogP contribution is -2.46. The minimum absolute atomic E-state index is 0.0224. The van der Waals surface area contributed by atoms with Gasteiger partial charge in [0.25, 0.3) is 0 Å². The maximum atomic E-state index is 12.1. The maximum absolute atomic E-state index is 12.1. The van der Waals surface area contributed by atoms with Gasteiger partial charge < -0.3 is 10.6 Å². The summed E-state index contributed by atoms with van der Waals surface area (Å²) in [6.07, 6.45) is 2.18. The molecule has 0 aromatic rings. The lowest BCUT2D eigenvalue weighted by Gasteiger charge is -2.25. The van der Waals surface area contributed by atoms with E-state index in [4.69, 9.17) is 0 Å². The highest BCUT2D eigenvalue weighted by atomic mass is 16.2. The SMILES string of the molecule is CC(C)C(=O)CCCNC(=O)CN(CC(=O)NCCCC(=O)C(C)C)C(C)C. The Morgan fingerprint density at radius 1 is 0.679 bits per heavy atom. The molecule has 162 valence electrons. The molecular formula is C21H39N3O4. The number of hydrogen-bond donors (Lipinski definition) is 2. The van der Waals surface area contributed by atoms with E-state index in [9.17, 15) is 19.2 Å². The maximum Gasteiger partial charge on any atom is 0.234 e. The summed E-state index contributed by atoms with van der Waals surface area (Å²) in [4.78, 5) is 49.2. The Morgan fingerprint density at radius 3 is 1.32 bits per heavy atom. The van der Waals surface area contributed by atoms with E-state index in [1.54, 1.807) is 4.90 Å².